The van der Waals surface area contributed by atoms with Crippen molar-refractivity contribution in [3.63, 3.8) is 0 Å². The highest BCUT2D eigenvalue weighted by Crippen LogP contribution is 2.44. The number of halogens is 1. The summed E-state index contributed by atoms with van der Waals surface area (Å²) in [6.07, 6.45) is 0.173. The van der Waals surface area contributed by atoms with Gasteiger partial charge < -0.3 is 19.2 Å². The van der Waals surface area contributed by atoms with Crippen molar-refractivity contribution < 1.29 is 23.5 Å². The van der Waals surface area contributed by atoms with E-state index in [-0.39, 0.29) is 23.9 Å². The number of carbonyl (C=O) groups is 2. The molecule has 1 N–H and O–H groups in total. The molecule has 8 heteroatoms. The molecule has 1 aromatic heterocycles. The SMILES string of the molecule is Cc1c(C(=O)NCCN2CCOCC2)oc2ccc3c(c12)C(=O)CC(C)(c1ccc(Cl)cc1)O3. The maximum Gasteiger partial charge on any atom is 0.287 e. The molecule has 178 valence electrons. The summed E-state index contributed by atoms with van der Waals surface area (Å²) in [6.45, 7) is 8.13. The summed E-state index contributed by atoms with van der Waals surface area (Å²) in [6, 6.07) is 10.8. The standard InChI is InChI=1S/C26H27ClN2O5/c1-16-22-20(33-24(16)25(31)28-9-10-29-11-13-32-14-12-29)7-8-21-23(22)19(30)15-26(2,34-21)17-3-5-18(27)6-4-17/h3-8H,9-15H2,1-2H3,(H,28,31). The van der Waals surface area contributed by atoms with Crippen LogP contribution in [-0.4, -0.2) is 56.0 Å². The highest BCUT2D eigenvalue weighted by Gasteiger charge is 2.40. The third-order valence-corrected chi connectivity index (χ3v) is 6.90. The van der Waals surface area contributed by atoms with Crippen molar-refractivity contribution in [1.29, 1.82) is 0 Å². The van der Waals surface area contributed by atoms with Gasteiger partial charge in [-0.25, -0.2) is 0 Å². The average molecular weight is 483 g/mol. The molecule has 1 saturated heterocycles. The van der Waals surface area contributed by atoms with Gasteiger partial charge in [-0.1, -0.05) is 23.7 Å². The normalized spacial score (nSPS) is 20.7. The highest BCUT2D eigenvalue weighted by molar-refractivity contribution is 6.30. The predicted molar refractivity (Wildman–Crippen MR) is 129 cm³/mol. The lowest BCUT2D eigenvalue weighted by atomic mass is 9.84. The van der Waals surface area contributed by atoms with E-state index in [4.69, 9.17) is 25.5 Å². The van der Waals surface area contributed by atoms with Gasteiger partial charge in [0.2, 0.25) is 0 Å². The molecule has 0 radical (unpaired) electrons. The minimum absolute atomic E-state index is 0.0486. The molecule has 0 saturated carbocycles. The van der Waals surface area contributed by atoms with E-state index >= 15 is 0 Å². The number of rotatable bonds is 5. The molecular weight excluding hydrogens is 456 g/mol. The molecule has 0 bridgehead atoms. The van der Waals surface area contributed by atoms with E-state index in [0.717, 1.165) is 38.4 Å². The van der Waals surface area contributed by atoms with Crippen molar-refractivity contribution in [2.24, 2.45) is 0 Å². The fourth-order valence-electron chi connectivity index (χ4n) is 4.77. The largest absolute Gasteiger partial charge is 0.482 e. The Morgan fingerprint density at radius 1 is 1.15 bits per heavy atom. The summed E-state index contributed by atoms with van der Waals surface area (Å²) in [5.74, 6) is 0.381. The van der Waals surface area contributed by atoms with Crippen LogP contribution in [0.15, 0.2) is 40.8 Å². The number of aryl methyl sites for hydroxylation is 1. The topological polar surface area (TPSA) is 81.0 Å². The Morgan fingerprint density at radius 3 is 2.62 bits per heavy atom. The number of furan rings is 1. The van der Waals surface area contributed by atoms with E-state index in [2.05, 4.69) is 10.2 Å². The van der Waals surface area contributed by atoms with Gasteiger partial charge in [0.1, 0.15) is 16.9 Å². The molecule has 1 atom stereocenters. The molecule has 1 fully saturated rings. The summed E-state index contributed by atoms with van der Waals surface area (Å²) in [5, 5.41) is 4.20. The second kappa shape index (κ2) is 9.06. The van der Waals surface area contributed by atoms with Crippen molar-refractivity contribution in [3.8, 4) is 5.75 Å². The summed E-state index contributed by atoms with van der Waals surface area (Å²) in [7, 11) is 0. The first-order valence-corrected chi connectivity index (χ1v) is 11.9. The predicted octanol–water partition coefficient (Wildman–Crippen LogP) is 4.34. The maximum absolute atomic E-state index is 13.4. The van der Waals surface area contributed by atoms with Gasteiger partial charge in [0, 0.05) is 42.2 Å². The number of hydrogen-bond donors (Lipinski definition) is 1. The fraction of sp³-hybridized carbons (Fsp3) is 0.385. The first-order valence-electron chi connectivity index (χ1n) is 11.5. The van der Waals surface area contributed by atoms with Gasteiger partial charge in [0.15, 0.2) is 11.5 Å². The number of nitrogens with one attached hydrogen (secondary N) is 1. The molecular formula is C26H27ClN2O5. The maximum atomic E-state index is 13.4. The van der Waals surface area contributed by atoms with Gasteiger partial charge in [-0.3, -0.25) is 14.5 Å². The second-order valence-electron chi connectivity index (χ2n) is 9.02. The van der Waals surface area contributed by atoms with Crippen LogP contribution >= 0.6 is 11.6 Å². The first-order chi connectivity index (χ1) is 16.4. The Kier molecular flexibility index (Phi) is 6.10. The van der Waals surface area contributed by atoms with Crippen LogP contribution < -0.4 is 10.1 Å². The summed E-state index contributed by atoms with van der Waals surface area (Å²) in [5.41, 5.74) is 1.68. The van der Waals surface area contributed by atoms with Crippen molar-refractivity contribution in [2.45, 2.75) is 25.9 Å². The van der Waals surface area contributed by atoms with E-state index < -0.39 is 5.60 Å². The van der Waals surface area contributed by atoms with Crippen LogP contribution in [0.5, 0.6) is 5.75 Å². The number of ketones is 1. The van der Waals surface area contributed by atoms with Gasteiger partial charge in [-0.15, -0.1) is 0 Å². The molecule has 1 amide bonds. The fourth-order valence-corrected chi connectivity index (χ4v) is 4.90. The number of benzene rings is 2. The van der Waals surface area contributed by atoms with Gasteiger partial charge in [0.05, 0.1) is 25.2 Å². The second-order valence-corrected chi connectivity index (χ2v) is 9.45. The number of Topliss-reactive ketones (excluding diaryl/α,β-unsaturated/α-hetero) is 1. The summed E-state index contributed by atoms with van der Waals surface area (Å²) in [4.78, 5) is 28.5. The van der Waals surface area contributed by atoms with Crippen molar-refractivity contribution in [2.75, 3.05) is 39.4 Å². The highest BCUT2D eigenvalue weighted by atomic mass is 35.5. The number of fused-ring (bicyclic) bond motifs is 3. The van der Waals surface area contributed by atoms with Crippen molar-refractivity contribution >= 4 is 34.3 Å². The Morgan fingerprint density at radius 2 is 1.88 bits per heavy atom. The first kappa shape index (κ1) is 22.9. The number of ether oxygens (including phenoxy) is 2. The molecule has 7 nitrogen and oxygen atoms in total. The molecule has 2 aliphatic heterocycles. The van der Waals surface area contributed by atoms with Crippen molar-refractivity contribution in [1.82, 2.24) is 10.2 Å². The number of carbonyl (C=O) groups excluding carboxylic acids is 2. The molecule has 0 aliphatic carbocycles. The van der Waals surface area contributed by atoms with Crippen LogP contribution in [0, 0.1) is 6.92 Å². The number of amides is 1. The summed E-state index contributed by atoms with van der Waals surface area (Å²) < 4.78 is 17.6. The zero-order valence-electron chi connectivity index (χ0n) is 19.3. The molecule has 2 aliphatic rings. The molecule has 0 spiro atoms. The zero-order valence-corrected chi connectivity index (χ0v) is 20.0. The molecule has 5 rings (SSSR count). The Balaban J connectivity index is 1.39. The smallest absolute Gasteiger partial charge is 0.287 e. The third-order valence-electron chi connectivity index (χ3n) is 6.65. The van der Waals surface area contributed by atoms with E-state index in [1.165, 1.54) is 0 Å². The van der Waals surface area contributed by atoms with Gasteiger partial charge in [-0.05, 0) is 43.7 Å². The van der Waals surface area contributed by atoms with Gasteiger partial charge in [0.25, 0.3) is 5.91 Å². The van der Waals surface area contributed by atoms with Crippen LogP contribution in [-0.2, 0) is 10.3 Å². The van der Waals surface area contributed by atoms with Crippen LogP contribution in [0.3, 0.4) is 0 Å². The molecule has 3 heterocycles. The number of morpholine rings is 1. The molecule has 1 unspecified atom stereocenters. The minimum Gasteiger partial charge on any atom is -0.482 e. The summed E-state index contributed by atoms with van der Waals surface area (Å²) >= 11 is 6.03. The van der Waals surface area contributed by atoms with Gasteiger partial charge >= 0.3 is 0 Å². The van der Waals surface area contributed by atoms with E-state index in [0.29, 0.717) is 39.4 Å². The average Bonchev–Trinajstić information content (AvgIpc) is 3.16. The third kappa shape index (κ3) is 4.19. The number of nitrogens with zero attached hydrogens (tertiary/aromatic N) is 1. The van der Waals surface area contributed by atoms with E-state index in [9.17, 15) is 9.59 Å². The minimum atomic E-state index is -0.806. The molecule has 34 heavy (non-hydrogen) atoms. The van der Waals surface area contributed by atoms with Crippen molar-refractivity contribution in [3.05, 3.63) is 63.9 Å². The molecule has 3 aromatic rings. The lowest BCUT2D eigenvalue weighted by molar-refractivity contribution is 0.0382. The van der Waals surface area contributed by atoms with Crippen LogP contribution in [0.25, 0.3) is 11.0 Å². The Labute approximate surface area is 202 Å². The van der Waals surface area contributed by atoms with E-state index in [1.54, 1.807) is 24.3 Å². The van der Waals surface area contributed by atoms with Crippen LogP contribution in [0.2, 0.25) is 5.02 Å². The Bertz CT molecular complexity index is 1250. The molecule has 2 aromatic carbocycles. The lowest BCUT2D eigenvalue weighted by Crippen LogP contribution is -2.41. The Hall–Kier alpha value is -2.87. The van der Waals surface area contributed by atoms with Crippen LogP contribution in [0.4, 0.5) is 0 Å². The lowest BCUT2D eigenvalue weighted by Gasteiger charge is -2.35. The van der Waals surface area contributed by atoms with E-state index in [1.807, 2.05) is 26.0 Å². The van der Waals surface area contributed by atoms with Gasteiger partial charge in [-0.2, -0.15) is 0 Å². The van der Waals surface area contributed by atoms with Crippen LogP contribution in [0.1, 0.15) is 45.4 Å². The number of hydrogen-bond acceptors (Lipinski definition) is 6. The zero-order chi connectivity index (χ0) is 23.9. The monoisotopic (exact) mass is 482 g/mol. The quantitative estimate of drug-likeness (QED) is 0.582.